The van der Waals surface area contributed by atoms with Gasteiger partial charge in [0, 0.05) is 11.1 Å². The molecule has 2 heterocycles. The number of amides is 1. The second-order valence-corrected chi connectivity index (χ2v) is 9.74. The highest BCUT2D eigenvalue weighted by Gasteiger charge is 2.20. The number of aromatic nitrogens is 4. The molecule has 1 aromatic carbocycles. The number of carbonyl (C=O) groups excluding carboxylic acids is 1. The molecule has 0 bridgehead atoms. The van der Waals surface area contributed by atoms with Gasteiger partial charge in [0.1, 0.15) is 5.82 Å². The van der Waals surface area contributed by atoms with E-state index in [1.807, 2.05) is 22.9 Å². The Balaban J connectivity index is 1.38. The molecule has 1 saturated carbocycles. The molecule has 1 fully saturated rings. The van der Waals surface area contributed by atoms with E-state index >= 15 is 0 Å². The summed E-state index contributed by atoms with van der Waals surface area (Å²) in [5.41, 5.74) is 0.849. The normalized spacial score (nSPS) is 14.5. The fourth-order valence-corrected chi connectivity index (χ4v) is 5.51. The van der Waals surface area contributed by atoms with Crippen LogP contribution in [0.3, 0.4) is 0 Å². The minimum absolute atomic E-state index is 0.0797. The first-order chi connectivity index (χ1) is 13.6. The van der Waals surface area contributed by atoms with Crippen molar-refractivity contribution >= 4 is 58.6 Å². The third kappa shape index (κ3) is 4.48. The van der Waals surface area contributed by atoms with Gasteiger partial charge in [-0.3, -0.25) is 4.79 Å². The first-order valence-corrected chi connectivity index (χ1v) is 11.5. The van der Waals surface area contributed by atoms with Crippen molar-refractivity contribution in [2.75, 3.05) is 11.1 Å². The summed E-state index contributed by atoms with van der Waals surface area (Å²) >= 11 is 14.1. The van der Waals surface area contributed by atoms with Gasteiger partial charge in [0.15, 0.2) is 8.29 Å². The predicted molar refractivity (Wildman–Crippen MR) is 116 cm³/mol. The summed E-state index contributed by atoms with van der Waals surface area (Å²) in [6.07, 6.45) is 6.40. The van der Waals surface area contributed by atoms with Crippen molar-refractivity contribution in [2.45, 2.75) is 36.1 Å². The van der Waals surface area contributed by atoms with E-state index in [-0.39, 0.29) is 11.7 Å². The van der Waals surface area contributed by atoms with Gasteiger partial charge in [-0.05, 0) is 49.3 Å². The summed E-state index contributed by atoms with van der Waals surface area (Å²) in [7, 11) is 0. The molecule has 1 amide bonds. The van der Waals surface area contributed by atoms with Crippen LogP contribution in [0.2, 0.25) is 5.02 Å². The maximum atomic E-state index is 12.4. The molecule has 0 spiro atoms. The van der Waals surface area contributed by atoms with Crippen LogP contribution in [0.4, 0.5) is 5.82 Å². The van der Waals surface area contributed by atoms with E-state index in [1.54, 1.807) is 23.0 Å². The lowest BCUT2D eigenvalue weighted by atomic mass is 10.2. The smallest absolute Gasteiger partial charge is 0.235 e. The van der Waals surface area contributed by atoms with E-state index in [2.05, 4.69) is 15.5 Å². The number of halogens is 1. The number of rotatable bonds is 6. The largest absolute Gasteiger partial charge is 0.310 e. The van der Waals surface area contributed by atoms with Crippen LogP contribution in [0.25, 0.3) is 5.69 Å². The van der Waals surface area contributed by atoms with Crippen molar-refractivity contribution in [3.8, 4) is 5.69 Å². The lowest BCUT2D eigenvalue weighted by Gasteiger charge is -2.14. The van der Waals surface area contributed by atoms with E-state index in [4.69, 9.17) is 23.8 Å². The second kappa shape index (κ2) is 8.77. The minimum Gasteiger partial charge on any atom is -0.310 e. The van der Waals surface area contributed by atoms with E-state index in [9.17, 15) is 4.79 Å². The quantitative estimate of drug-likeness (QED) is 0.403. The predicted octanol–water partition coefficient (Wildman–Crippen LogP) is 5.36. The zero-order valence-electron chi connectivity index (χ0n) is 14.9. The van der Waals surface area contributed by atoms with Crippen molar-refractivity contribution in [2.24, 2.45) is 0 Å². The molecule has 28 heavy (non-hydrogen) atoms. The van der Waals surface area contributed by atoms with E-state index in [0.29, 0.717) is 15.0 Å². The Morgan fingerprint density at radius 1 is 1.29 bits per heavy atom. The maximum absolute atomic E-state index is 12.4. The van der Waals surface area contributed by atoms with Gasteiger partial charge in [-0.25, -0.2) is 9.36 Å². The Hall–Kier alpha value is -1.68. The Morgan fingerprint density at radius 2 is 2.04 bits per heavy atom. The van der Waals surface area contributed by atoms with Crippen molar-refractivity contribution < 1.29 is 4.79 Å². The average molecular weight is 452 g/mol. The van der Waals surface area contributed by atoms with Gasteiger partial charge in [-0.1, -0.05) is 47.5 Å². The number of hydrogen-bond donors (Lipinski definition) is 1. The van der Waals surface area contributed by atoms with Gasteiger partial charge in [0.05, 0.1) is 23.7 Å². The highest BCUT2D eigenvalue weighted by atomic mass is 35.5. The molecule has 0 saturated heterocycles. The fourth-order valence-electron chi connectivity index (χ4n) is 3.22. The van der Waals surface area contributed by atoms with Crippen LogP contribution in [-0.2, 0) is 4.79 Å². The van der Waals surface area contributed by atoms with Crippen LogP contribution in [0.5, 0.6) is 0 Å². The molecule has 4 rings (SSSR count). The van der Waals surface area contributed by atoms with Gasteiger partial charge in [0.2, 0.25) is 5.91 Å². The first kappa shape index (κ1) is 19.6. The fraction of sp³-hybridized carbons (Fsp3) is 0.333. The number of thioether (sulfide) groups is 1. The number of nitrogens with zero attached hydrogens (tertiary/aromatic N) is 4. The third-order valence-corrected chi connectivity index (χ3v) is 7.15. The molecular weight excluding hydrogens is 434 g/mol. The maximum Gasteiger partial charge on any atom is 0.235 e. The summed E-state index contributed by atoms with van der Waals surface area (Å²) in [6.45, 7) is 0. The number of anilines is 1. The lowest BCUT2D eigenvalue weighted by Crippen LogP contribution is -2.19. The molecular formula is C18H18ClN5OS3. The second-order valence-electron chi connectivity index (χ2n) is 6.46. The monoisotopic (exact) mass is 451 g/mol. The Bertz CT molecular complexity index is 1020. The van der Waals surface area contributed by atoms with Crippen LogP contribution in [0, 0.1) is 3.95 Å². The molecule has 10 heteroatoms. The average Bonchev–Trinajstić information content (AvgIpc) is 3.41. The summed E-state index contributed by atoms with van der Waals surface area (Å²) in [5.74, 6) is 0.944. The third-order valence-electron chi connectivity index (χ3n) is 4.54. The highest BCUT2D eigenvalue weighted by molar-refractivity contribution is 8.01. The molecule has 0 aliphatic heterocycles. The molecule has 1 aliphatic carbocycles. The molecule has 0 atom stereocenters. The minimum atomic E-state index is -0.0797. The molecule has 1 N–H and O–H groups in total. The number of benzene rings is 1. The molecule has 0 unspecified atom stereocenters. The van der Waals surface area contributed by atoms with Gasteiger partial charge < -0.3 is 5.32 Å². The molecule has 1 aliphatic rings. The van der Waals surface area contributed by atoms with E-state index in [0.717, 1.165) is 28.7 Å². The highest BCUT2D eigenvalue weighted by Crippen LogP contribution is 2.31. The topological polar surface area (TPSA) is 64.7 Å². The molecule has 146 valence electrons. The van der Waals surface area contributed by atoms with Crippen LogP contribution < -0.4 is 5.32 Å². The Morgan fingerprint density at radius 3 is 2.79 bits per heavy atom. The van der Waals surface area contributed by atoms with Crippen molar-refractivity contribution in [3.05, 3.63) is 45.5 Å². The van der Waals surface area contributed by atoms with Crippen LogP contribution in [0.15, 0.2) is 40.9 Å². The van der Waals surface area contributed by atoms with Crippen molar-refractivity contribution in [1.29, 1.82) is 0 Å². The van der Waals surface area contributed by atoms with Crippen molar-refractivity contribution in [1.82, 2.24) is 19.6 Å². The molecule has 2 aromatic heterocycles. The van der Waals surface area contributed by atoms with Gasteiger partial charge in [-0.2, -0.15) is 5.10 Å². The molecule has 0 radical (unpaired) electrons. The summed E-state index contributed by atoms with van der Waals surface area (Å²) in [5, 5.41) is 12.5. The van der Waals surface area contributed by atoms with Crippen LogP contribution >= 0.6 is 46.9 Å². The lowest BCUT2D eigenvalue weighted by molar-refractivity contribution is -0.113. The number of hydrogen-bond acceptors (Lipinski definition) is 6. The van der Waals surface area contributed by atoms with Gasteiger partial charge >= 0.3 is 0 Å². The SMILES string of the molecule is O=C(CSc1nn(-c2ccc(Cl)cc2)c(=S)s1)Nc1ccnn1C1CCCC1. The Labute approximate surface area is 180 Å². The Kier molecular flexibility index (Phi) is 6.15. The zero-order chi connectivity index (χ0) is 19.5. The van der Waals surface area contributed by atoms with E-state index < -0.39 is 0 Å². The molecule has 3 aromatic rings. The van der Waals surface area contributed by atoms with Crippen LogP contribution in [-0.4, -0.2) is 31.2 Å². The number of carbonyl (C=O) groups is 1. The standard InChI is InChI=1S/C18H18ClN5OS3/c19-12-5-7-14(8-6-12)24-18(26)28-17(22-24)27-11-16(25)21-15-9-10-20-23(15)13-3-1-2-4-13/h5-10,13H,1-4,11H2,(H,21,25). The first-order valence-electron chi connectivity index (χ1n) is 8.92. The van der Waals surface area contributed by atoms with Crippen molar-refractivity contribution in [3.63, 3.8) is 0 Å². The van der Waals surface area contributed by atoms with E-state index in [1.165, 1.54) is 35.9 Å². The van der Waals surface area contributed by atoms with Gasteiger partial charge in [0.25, 0.3) is 0 Å². The van der Waals surface area contributed by atoms with Crippen LogP contribution in [0.1, 0.15) is 31.7 Å². The van der Waals surface area contributed by atoms with Gasteiger partial charge in [-0.15, -0.1) is 5.10 Å². The number of nitrogens with one attached hydrogen (secondary N) is 1. The summed E-state index contributed by atoms with van der Waals surface area (Å²) in [4.78, 5) is 12.4. The zero-order valence-corrected chi connectivity index (χ0v) is 18.1. The molecule has 6 nitrogen and oxygen atoms in total. The summed E-state index contributed by atoms with van der Waals surface area (Å²) < 4.78 is 5.00. The summed E-state index contributed by atoms with van der Waals surface area (Å²) in [6, 6.07) is 9.56.